The number of anilines is 1. The summed E-state index contributed by atoms with van der Waals surface area (Å²) in [6, 6.07) is 9.07. The molecule has 0 aliphatic heterocycles. The number of thioether (sulfide) groups is 1. The lowest BCUT2D eigenvalue weighted by atomic mass is 10.1. The monoisotopic (exact) mass is 474 g/mol. The van der Waals surface area contributed by atoms with Gasteiger partial charge in [-0.3, -0.25) is 9.59 Å². The fourth-order valence-corrected chi connectivity index (χ4v) is 3.99. The Morgan fingerprint density at radius 1 is 1.12 bits per heavy atom. The maximum atomic E-state index is 12.2. The minimum Gasteiger partial charge on any atom is -0.497 e. The number of thiazole rings is 1. The van der Waals surface area contributed by atoms with E-state index >= 15 is 0 Å². The van der Waals surface area contributed by atoms with Crippen molar-refractivity contribution in [1.29, 1.82) is 0 Å². The number of aromatic nitrogens is 3. The third-order valence-corrected chi connectivity index (χ3v) is 5.83. The number of carbonyl (C=O) groups excluding carboxylic acids is 2. The van der Waals surface area contributed by atoms with Gasteiger partial charge in [0.2, 0.25) is 5.91 Å². The van der Waals surface area contributed by atoms with Crippen LogP contribution in [0.5, 0.6) is 11.5 Å². The molecule has 0 saturated heterocycles. The van der Waals surface area contributed by atoms with Gasteiger partial charge in [-0.15, -0.1) is 21.5 Å². The second-order valence-electron chi connectivity index (χ2n) is 6.29. The minimum atomic E-state index is -0.347. The van der Waals surface area contributed by atoms with Crippen molar-refractivity contribution in [1.82, 2.24) is 15.2 Å². The summed E-state index contributed by atoms with van der Waals surface area (Å²) in [7, 11) is 3.17. The summed E-state index contributed by atoms with van der Waals surface area (Å²) < 4.78 is 15.5. The van der Waals surface area contributed by atoms with Crippen LogP contribution in [0.25, 0.3) is 11.3 Å². The topological polar surface area (TPSA) is 113 Å². The highest BCUT2D eigenvalue weighted by atomic mass is 32.2. The maximum absolute atomic E-state index is 12.2. The molecule has 0 unspecified atom stereocenters. The number of nitrogens with one attached hydrogen (secondary N) is 1. The van der Waals surface area contributed by atoms with Gasteiger partial charge in [-0.1, -0.05) is 11.8 Å². The number of hydrogen-bond donors (Lipinski definition) is 1. The normalized spacial score (nSPS) is 10.5. The Bertz CT molecular complexity index is 1070. The van der Waals surface area contributed by atoms with E-state index in [4.69, 9.17) is 14.2 Å². The fraction of sp³-hybridized carbons (Fsp3) is 0.286. The molecule has 0 fully saturated rings. The van der Waals surface area contributed by atoms with Crippen molar-refractivity contribution in [2.45, 2.75) is 18.4 Å². The Kier molecular flexibility index (Phi) is 8.40. The van der Waals surface area contributed by atoms with E-state index in [1.54, 1.807) is 38.7 Å². The second-order valence-corrected chi connectivity index (χ2v) is 8.14. The third-order valence-electron chi connectivity index (χ3n) is 4.10. The molecule has 0 spiro atoms. The average Bonchev–Trinajstić information content (AvgIpc) is 3.24. The van der Waals surface area contributed by atoms with Gasteiger partial charge in [-0.25, -0.2) is 4.98 Å². The first-order chi connectivity index (χ1) is 15.5. The Morgan fingerprint density at radius 2 is 1.97 bits per heavy atom. The van der Waals surface area contributed by atoms with Gasteiger partial charge in [-0.05, 0) is 31.2 Å². The summed E-state index contributed by atoms with van der Waals surface area (Å²) in [5.41, 5.74) is 2.00. The van der Waals surface area contributed by atoms with Crippen molar-refractivity contribution in [2.24, 2.45) is 0 Å². The van der Waals surface area contributed by atoms with E-state index in [0.29, 0.717) is 39.7 Å². The summed E-state index contributed by atoms with van der Waals surface area (Å²) in [5, 5.41) is 13.9. The standard InChI is InChI=1S/C21H22N4O5S2/c1-4-30-20(27)9-13-11-32-21(22-13)23-18(26)12-31-19-8-7-16(24-25-19)15-6-5-14(28-2)10-17(15)29-3/h5-8,10-11H,4,9,12H2,1-3H3,(H,22,23,26). The van der Waals surface area contributed by atoms with Crippen LogP contribution in [0, 0.1) is 0 Å². The molecule has 0 aliphatic rings. The molecule has 32 heavy (non-hydrogen) atoms. The summed E-state index contributed by atoms with van der Waals surface area (Å²) >= 11 is 2.51. The number of rotatable bonds is 10. The number of carbonyl (C=O) groups is 2. The van der Waals surface area contributed by atoms with Gasteiger partial charge in [0.25, 0.3) is 0 Å². The van der Waals surface area contributed by atoms with E-state index < -0.39 is 0 Å². The number of amides is 1. The molecular formula is C21H22N4O5S2. The molecule has 0 bridgehead atoms. The predicted octanol–water partition coefficient (Wildman–Crippen LogP) is 3.45. The molecule has 11 heteroatoms. The summed E-state index contributed by atoms with van der Waals surface area (Å²) in [4.78, 5) is 28.0. The van der Waals surface area contributed by atoms with Crippen LogP contribution in [0.2, 0.25) is 0 Å². The largest absolute Gasteiger partial charge is 0.497 e. The highest BCUT2D eigenvalue weighted by Crippen LogP contribution is 2.32. The molecule has 1 N–H and O–H groups in total. The van der Waals surface area contributed by atoms with E-state index in [-0.39, 0.29) is 24.1 Å². The Balaban J connectivity index is 1.54. The molecule has 1 aromatic carbocycles. The first kappa shape index (κ1) is 23.5. The lowest BCUT2D eigenvalue weighted by molar-refractivity contribution is -0.142. The minimum absolute atomic E-state index is 0.0792. The summed E-state index contributed by atoms with van der Waals surface area (Å²) in [6.45, 7) is 2.07. The average molecular weight is 475 g/mol. The van der Waals surface area contributed by atoms with E-state index in [1.165, 1.54) is 23.1 Å². The molecule has 0 aliphatic carbocycles. The fourth-order valence-electron chi connectivity index (χ4n) is 2.65. The van der Waals surface area contributed by atoms with E-state index in [0.717, 1.165) is 5.56 Å². The van der Waals surface area contributed by atoms with Crippen LogP contribution in [-0.4, -0.2) is 53.6 Å². The van der Waals surface area contributed by atoms with Crippen LogP contribution >= 0.6 is 23.1 Å². The van der Waals surface area contributed by atoms with E-state index in [1.807, 2.05) is 18.2 Å². The van der Waals surface area contributed by atoms with Gasteiger partial charge in [0.1, 0.15) is 16.5 Å². The number of hydrogen-bond acceptors (Lipinski definition) is 10. The van der Waals surface area contributed by atoms with Crippen LogP contribution in [0.1, 0.15) is 12.6 Å². The molecule has 0 saturated carbocycles. The summed E-state index contributed by atoms with van der Waals surface area (Å²) in [6.07, 6.45) is 0.0792. The molecular weight excluding hydrogens is 452 g/mol. The zero-order chi connectivity index (χ0) is 22.9. The van der Waals surface area contributed by atoms with Crippen molar-refractivity contribution in [3.8, 4) is 22.8 Å². The highest BCUT2D eigenvalue weighted by Gasteiger charge is 2.13. The number of esters is 1. The number of methoxy groups -OCH3 is 2. The Hall–Kier alpha value is -3.18. The van der Waals surface area contributed by atoms with Crippen LogP contribution < -0.4 is 14.8 Å². The zero-order valence-electron chi connectivity index (χ0n) is 17.8. The quantitative estimate of drug-likeness (QED) is 0.349. The van der Waals surface area contributed by atoms with Gasteiger partial charge in [0, 0.05) is 17.0 Å². The second kappa shape index (κ2) is 11.4. The van der Waals surface area contributed by atoms with E-state index in [2.05, 4.69) is 20.5 Å². The molecule has 9 nitrogen and oxygen atoms in total. The van der Waals surface area contributed by atoms with Crippen LogP contribution in [0.4, 0.5) is 5.13 Å². The van der Waals surface area contributed by atoms with Crippen molar-refractivity contribution in [2.75, 3.05) is 31.9 Å². The van der Waals surface area contributed by atoms with Gasteiger partial charge in [0.15, 0.2) is 5.13 Å². The molecule has 3 aromatic rings. The third kappa shape index (κ3) is 6.41. The van der Waals surface area contributed by atoms with Crippen LogP contribution in [0.3, 0.4) is 0 Å². The number of ether oxygens (including phenoxy) is 3. The summed E-state index contributed by atoms with van der Waals surface area (Å²) in [5.74, 6) is 0.886. The SMILES string of the molecule is CCOC(=O)Cc1csc(NC(=O)CSc2ccc(-c3ccc(OC)cc3OC)nn2)n1. The van der Waals surface area contributed by atoms with Crippen molar-refractivity contribution < 1.29 is 23.8 Å². The van der Waals surface area contributed by atoms with Crippen LogP contribution in [0.15, 0.2) is 40.7 Å². The van der Waals surface area contributed by atoms with Gasteiger partial charge in [-0.2, -0.15) is 0 Å². The zero-order valence-corrected chi connectivity index (χ0v) is 19.4. The maximum Gasteiger partial charge on any atom is 0.311 e. The molecule has 0 atom stereocenters. The van der Waals surface area contributed by atoms with Gasteiger partial charge in [0.05, 0.1) is 44.4 Å². The Morgan fingerprint density at radius 3 is 2.66 bits per heavy atom. The lowest BCUT2D eigenvalue weighted by Gasteiger charge is -2.09. The first-order valence-electron chi connectivity index (χ1n) is 9.61. The van der Waals surface area contributed by atoms with E-state index in [9.17, 15) is 9.59 Å². The first-order valence-corrected chi connectivity index (χ1v) is 11.5. The molecule has 3 rings (SSSR count). The smallest absolute Gasteiger partial charge is 0.311 e. The molecule has 1 amide bonds. The van der Waals surface area contributed by atoms with Crippen molar-refractivity contribution in [3.63, 3.8) is 0 Å². The molecule has 2 heterocycles. The van der Waals surface area contributed by atoms with Crippen molar-refractivity contribution in [3.05, 3.63) is 41.4 Å². The van der Waals surface area contributed by atoms with Gasteiger partial charge < -0.3 is 19.5 Å². The number of benzene rings is 1. The molecule has 0 radical (unpaired) electrons. The van der Waals surface area contributed by atoms with Crippen molar-refractivity contribution >= 4 is 40.1 Å². The molecule has 2 aromatic heterocycles. The highest BCUT2D eigenvalue weighted by molar-refractivity contribution is 7.99. The van der Waals surface area contributed by atoms with Crippen LogP contribution in [-0.2, 0) is 20.7 Å². The predicted molar refractivity (Wildman–Crippen MR) is 122 cm³/mol. The Labute approximate surface area is 193 Å². The van der Waals surface area contributed by atoms with Gasteiger partial charge >= 0.3 is 5.97 Å². The number of nitrogens with zero attached hydrogens (tertiary/aromatic N) is 3. The molecule has 168 valence electrons. The lowest BCUT2D eigenvalue weighted by Crippen LogP contribution is -2.14.